The van der Waals surface area contributed by atoms with Crippen molar-refractivity contribution in [2.24, 2.45) is 17.8 Å². The Hall–Kier alpha value is -3.08. The summed E-state index contributed by atoms with van der Waals surface area (Å²) in [6.07, 6.45) is 11.3. The van der Waals surface area contributed by atoms with Crippen LogP contribution in [0, 0.1) is 17.8 Å². The Morgan fingerprint density at radius 1 is 0.750 bits per heavy atom. The standard InChI is InChI=1S/C31H37NO4/c33-26-13-9-22(10-14-26)31(23-11-15-27(34)16-12-23)28(6-3-19-32-29(35)17-18-30(32)36)25-8-7-24(20-25)21-4-1-2-5-21/h9-16,21,24-25,33-34H,1-8,17-20H2. The number of amides is 2. The lowest BCUT2D eigenvalue weighted by Crippen LogP contribution is -2.30. The van der Waals surface area contributed by atoms with Gasteiger partial charge in [0.15, 0.2) is 0 Å². The molecule has 3 fully saturated rings. The van der Waals surface area contributed by atoms with E-state index in [9.17, 15) is 19.8 Å². The molecule has 5 heteroatoms. The first-order chi connectivity index (χ1) is 17.5. The number of rotatable bonds is 8. The third-order valence-electron chi connectivity index (χ3n) is 8.65. The molecule has 0 spiro atoms. The molecule has 190 valence electrons. The Labute approximate surface area is 213 Å². The monoisotopic (exact) mass is 487 g/mol. The maximum absolute atomic E-state index is 12.2. The second kappa shape index (κ2) is 10.9. The number of carbonyl (C=O) groups excluding carboxylic acids is 2. The minimum Gasteiger partial charge on any atom is -0.508 e. The zero-order chi connectivity index (χ0) is 25.1. The predicted molar refractivity (Wildman–Crippen MR) is 140 cm³/mol. The molecule has 0 aromatic heterocycles. The summed E-state index contributed by atoms with van der Waals surface area (Å²) in [6, 6.07) is 14.8. The second-order valence-electron chi connectivity index (χ2n) is 10.9. The number of phenols is 2. The average molecular weight is 488 g/mol. The van der Waals surface area contributed by atoms with Crippen molar-refractivity contribution in [3.63, 3.8) is 0 Å². The van der Waals surface area contributed by atoms with Gasteiger partial charge < -0.3 is 10.2 Å². The summed E-state index contributed by atoms with van der Waals surface area (Å²) in [7, 11) is 0. The van der Waals surface area contributed by atoms with E-state index in [1.165, 1.54) is 49.0 Å². The number of hydrogen-bond acceptors (Lipinski definition) is 4. The number of hydrogen-bond donors (Lipinski definition) is 2. The number of carbonyl (C=O) groups is 2. The van der Waals surface area contributed by atoms with E-state index in [1.54, 1.807) is 24.3 Å². The molecule has 0 radical (unpaired) electrons. The zero-order valence-corrected chi connectivity index (χ0v) is 21.0. The molecule has 3 aliphatic rings. The fraction of sp³-hybridized carbons (Fsp3) is 0.484. The zero-order valence-electron chi connectivity index (χ0n) is 21.0. The lowest BCUT2D eigenvalue weighted by Gasteiger charge is -2.24. The van der Waals surface area contributed by atoms with Crippen LogP contribution in [0.5, 0.6) is 11.5 Å². The van der Waals surface area contributed by atoms with Crippen molar-refractivity contribution in [1.82, 2.24) is 4.90 Å². The van der Waals surface area contributed by atoms with E-state index in [2.05, 4.69) is 0 Å². The molecule has 0 bridgehead atoms. The van der Waals surface area contributed by atoms with Crippen LogP contribution < -0.4 is 0 Å². The SMILES string of the molecule is O=C1CCC(=O)N1CCCC(=C(c1ccc(O)cc1)c1ccc(O)cc1)C1CCC(C2CCCC2)C1. The predicted octanol–water partition coefficient (Wildman–Crippen LogP) is 6.44. The van der Waals surface area contributed by atoms with Crippen molar-refractivity contribution in [3.8, 4) is 11.5 Å². The van der Waals surface area contributed by atoms with Crippen LogP contribution in [0.3, 0.4) is 0 Å². The number of likely N-dealkylation sites (tertiary alicyclic amines) is 1. The number of allylic oxidation sites excluding steroid dienone is 1. The van der Waals surface area contributed by atoms with E-state index in [1.807, 2.05) is 24.3 Å². The van der Waals surface area contributed by atoms with Crippen molar-refractivity contribution < 1.29 is 19.8 Å². The normalized spacial score (nSPS) is 22.5. The molecule has 1 heterocycles. The lowest BCUT2D eigenvalue weighted by atomic mass is 9.81. The molecule has 2 aromatic rings. The van der Waals surface area contributed by atoms with Crippen LogP contribution in [0.2, 0.25) is 0 Å². The first kappa shape index (κ1) is 24.6. The van der Waals surface area contributed by atoms with Crippen molar-refractivity contribution >= 4 is 17.4 Å². The highest BCUT2D eigenvalue weighted by Gasteiger charge is 2.35. The first-order valence-electron chi connectivity index (χ1n) is 13.6. The number of benzene rings is 2. The van der Waals surface area contributed by atoms with Crippen LogP contribution in [-0.2, 0) is 9.59 Å². The maximum atomic E-state index is 12.2. The second-order valence-corrected chi connectivity index (χ2v) is 10.9. The van der Waals surface area contributed by atoms with Gasteiger partial charge in [0.1, 0.15) is 11.5 Å². The quantitative estimate of drug-likeness (QED) is 0.420. The van der Waals surface area contributed by atoms with Crippen LogP contribution in [-0.4, -0.2) is 33.5 Å². The van der Waals surface area contributed by atoms with E-state index in [4.69, 9.17) is 0 Å². The summed E-state index contributed by atoms with van der Waals surface area (Å²) in [6.45, 7) is 0.471. The highest BCUT2D eigenvalue weighted by molar-refractivity contribution is 6.01. The van der Waals surface area contributed by atoms with Crippen molar-refractivity contribution in [1.29, 1.82) is 0 Å². The fourth-order valence-corrected chi connectivity index (χ4v) is 6.82. The van der Waals surface area contributed by atoms with Gasteiger partial charge >= 0.3 is 0 Å². The van der Waals surface area contributed by atoms with Gasteiger partial charge in [-0.3, -0.25) is 14.5 Å². The van der Waals surface area contributed by atoms with Crippen LogP contribution in [0.25, 0.3) is 5.57 Å². The highest BCUT2D eigenvalue weighted by Crippen LogP contribution is 2.48. The van der Waals surface area contributed by atoms with Crippen molar-refractivity contribution in [2.75, 3.05) is 6.54 Å². The Morgan fingerprint density at radius 3 is 1.86 bits per heavy atom. The molecular formula is C31H37NO4. The molecule has 2 N–H and O–H groups in total. The summed E-state index contributed by atoms with van der Waals surface area (Å²) in [5, 5.41) is 19.9. The molecular weight excluding hydrogens is 450 g/mol. The van der Waals surface area contributed by atoms with Crippen LogP contribution in [0.4, 0.5) is 0 Å². The van der Waals surface area contributed by atoms with Gasteiger partial charge in [-0.25, -0.2) is 0 Å². The van der Waals surface area contributed by atoms with Crippen LogP contribution in [0.1, 0.15) is 81.8 Å². The summed E-state index contributed by atoms with van der Waals surface area (Å²) in [4.78, 5) is 25.8. The summed E-state index contributed by atoms with van der Waals surface area (Å²) < 4.78 is 0. The smallest absolute Gasteiger partial charge is 0.229 e. The number of imide groups is 1. The molecule has 2 unspecified atom stereocenters. The molecule has 36 heavy (non-hydrogen) atoms. The fourth-order valence-electron chi connectivity index (χ4n) is 6.82. The molecule has 2 atom stereocenters. The van der Waals surface area contributed by atoms with Gasteiger partial charge in [-0.05, 0) is 90.8 Å². The van der Waals surface area contributed by atoms with Gasteiger partial charge in [0.25, 0.3) is 0 Å². The Kier molecular flexibility index (Phi) is 7.45. The highest BCUT2D eigenvalue weighted by atomic mass is 16.3. The van der Waals surface area contributed by atoms with Gasteiger partial charge in [0.05, 0.1) is 0 Å². The number of nitrogens with zero attached hydrogens (tertiary/aromatic N) is 1. The van der Waals surface area contributed by atoms with Gasteiger partial charge in [-0.2, -0.15) is 0 Å². The number of phenolic OH excluding ortho intramolecular Hbond substituents is 2. The van der Waals surface area contributed by atoms with E-state index < -0.39 is 0 Å². The first-order valence-corrected chi connectivity index (χ1v) is 13.6. The summed E-state index contributed by atoms with van der Waals surface area (Å²) >= 11 is 0. The average Bonchev–Trinajstić information content (AvgIpc) is 3.64. The van der Waals surface area contributed by atoms with Gasteiger partial charge in [0.2, 0.25) is 11.8 Å². The molecule has 1 aliphatic heterocycles. The van der Waals surface area contributed by atoms with Crippen molar-refractivity contribution in [3.05, 3.63) is 65.2 Å². The topological polar surface area (TPSA) is 77.8 Å². The molecule has 2 saturated carbocycles. The number of aromatic hydroxyl groups is 2. The molecule has 5 rings (SSSR count). The van der Waals surface area contributed by atoms with E-state index in [0.717, 1.165) is 47.8 Å². The van der Waals surface area contributed by atoms with Crippen LogP contribution in [0.15, 0.2) is 54.1 Å². The molecule has 2 aromatic carbocycles. The van der Waals surface area contributed by atoms with Gasteiger partial charge in [0, 0.05) is 19.4 Å². The molecule has 2 aliphatic carbocycles. The Morgan fingerprint density at radius 2 is 1.31 bits per heavy atom. The van der Waals surface area contributed by atoms with E-state index >= 15 is 0 Å². The summed E-state index contributed by atoms with van der Waals surface area (Å²) in [5.41, 5.74) is 4.63. The van der Waals surface area contributed by atoms with Gasteiger partial charge in [-0.1, -0.05) is 55.5 Å². The largest absolute Gasteiger partial charge is 0.508 e. The maximum Gasteiger partial charge on any atom is 0.229 e. The lowest BCUT2D eigenvalue weighted by molar-refractivity contribution is -0.138. The molecule has 1 saturated heterocycles. The minimum atomic E-state index is -0.0509. The Bertz CT molecular complexity index is 1050. The minimum absolute atomic E-state index is 0.0509. The summed E-state index contributed by atoms with van der Waals surface area (Å²) in [5.74, 6) is 2.45. The van der Waals surface area contributed by atoms with Crippen LogP contribution >= 0.6 is 0 Å². The third-order valence-corrected chi connectivity index (χ3v) is 8.65. The third kappa shape index (κ3) is 5.35. The Balaban J connectivity index is 1.50. The van der Waals surface area contributed by atoms with E-state index in [0.29, 0.717) is 25.3 Å². The molecule has 2 amide bonds. The van der Waals surface area contributed by atoms with Crippen molar-refractivity contribution in [2.45, 2.75) is 70.6 Å². The van der Waals surface area contributed by atoms with Gasteiger partial charge in [-0.15, -0.1) is 0 Å². The van der Waals surface area contributed by atoms with E-state index in [-0.39, 0.29) is 23.3 Å². The molecule has 5 nitrogen and oxygen atoms in total.